The minimum absolute atomic E-state index is 0.763. The Bertz CT molecular complexity index is 997. The molecule has 0 aliphatic heterocycles. The molecule has 0 aliphatic rings. The van der Waals surface area contributed by atoms with E-state index in [-0.39, 0.29) is 0 Å². The molecule has 0 atom stereocenters. The van der Waals surface area contributed by atoms with Crippen molar-refractivity contribution >= 4 is 24.3 Å². The Morgan fingerprint density at radius 1 is 0.552 bits per heavy atom. The standard InChI is InChI=1S/C26H26O3/c1-19-5-7-20(8-6-19)9-13-22-17-23(26(29-4)18-25(22)28-3)14-10-21-11-15-24(27-2)16-12-21/h5-18H,1-4H3/b13-9+,14-10+. The SMILES string of the molecule is COc1ccc(/C=C/c2cc(/C=C/c3ccc(C)cc3)c(OC)cc2OC)cc1. The lowest BCUT2D eigenvalue weighted by molar-refractivity contribution is 0.393. The van der Waals surface area contributed by atoms with Gasteiger partial charge in [-0.2, -0.15) is 0 Å². The van der Waals surface area contributed by atoms with Gasteiger partial charge in [0.05, 0.1) is 21.3 Å². The van der Waals surface area contributed by atoms with Crippen LogP contribution < -0.4 is 14.2 Å². The van der Waals surface area contributed by atoms with Crippen LogP contribution in [0.5, 0.6) is 17.2 Å². The number of hydrogen-bond donors (Lipinski definition) is 0. The lowest BCUT2D eigenvalue weighted by atomic mass is 10.0. The maximum Gasteiger partial charge on any atom is 0.129 e. The van der Waals surface area contributed by atoms with Crippen LogP contribution >= 0.6 is 0 Å². The monoisotopic (exact) mass is 386 g/mol. The van der Waals surface area contributed by atoms with Gasteiger partial charge in [0.2, 0.25) is 0 Å². The van der Waals surface area contributed by atoms with E-state index in [1.54, 1.807) is 21.3 Å². The van der Waals surface area contributed by atoms with Gasteiger partial charge in [0.25, 0.3) is 0 Å². The van der Waals surface area contributed by atoms with Crippen molar-refractivity contribution in [3.63, 3.8) is 0 Å². The predicted octanol–water partition coefficient (Wildman–Crippen LogP) is 6.36. The quantitative estimate of drug-likeness (QED) is 0.442. The molecule has 0 N–H and O–H groups in total. The van der Waals surface area contributed by atoms with Crippen molar-refractivity contribution in [3.8, 4) is 17.2 Å². The smallest absolute Gasteiger partial charge is 0.129 e. The van der Waals surface area contributed by atoms with Crippen molar-refractivity contribution in [2.24, 2.45) is 0 Å². The van der Waals surface area contributed by atoms with E-state index in [2.05, 4.69) is 55.5 Å². The summed E-state index contributed by atoms with van der Waals surface area (Å²) in [6.07, 6.45) is 8.24. The van der Waals surface area contributed by atoms with Gasteiger partial charge in [-0.3, -0.25) is 0 Å². The maximum atomic E-state index is 5.57. The molecule has 0 fully saturated rings. The average molecular weight is 386 g/mol. The van der Waals surface area contributed by atoms with Gasteiger partial charge < -0.3 is 14.2 Å². The van der Waals surface area contributed by atoms with Crippen LogP contribution in [-0.4, -0.2) is 21.3 Å². The van der Waals surface area contributed by atoms with E-state index in [1.807, 2.05) is 36.4 Å². The molecule has 3 nitrogen and oxygen atoms in total. The Balaban J connectivity index is 1.92. The lowest BCUT2D eigenvalue weighted by Crippen LogP contribution is -1.93. The molecule has 148 valence electrons. The molecule has 0 amide bonds. The normalized spacial score (nSPS) is 11.2. The Morgan fingerprint density at radius 2 is 1.03 bits per heavy atom. The highest BCUT2D eigenvalue weighted by Gasteiger charge is 2.08. The summed E-state index contributed by atoms with van der Waals surface area (Å²) >= 11 is 0. The molecule has 3 aromatic carbocycles. The predicted molar refractivity (Wildman–Crippen MR) is 122 cm³/mol. The molecule has 0 saturated heterocycles. The van der Waals surface area contributed by atoms with Gasteiger partial charge in [-0.25, -0.2) is 0 Å². The second kappa shape index (κ2) is 9.65. The molecular weight excluding hydrogens is 360 g/mol. The highest BCUT2D eigenvalue weighted by atomic mass is 16.5. The van der Waals surface area contributed by atoms with Crippen LogP contribution in [0.25, 0.3) is 24.3 Å². The van der Waals surface area contributed by atoms with Gasteiger partial charge in [0, 0.05) is 17.2 Å². The number of ether oxygens (including phenoxy) is 3. The van der Waals surface area contributed by atoms with Gasteiger partial charge in [-0.15, -0.1) is 0 Å². The lowest BCUT2D eigenvalue weighted by Gasteiger charge is -2.11. The molecular formula is C26H26O3. The van der Waals surface area contributed by atoms with Gasteiger partial charge in [0.15, 0.2) is 0 Å². The molecule has 0 aliphatic carbocycles. The van der Waals surface area contributed by atoms with Crippen molar-refractivity contribution in [1.82, 2.24) is 0 Å². The molecule has 0 saturated carbocycles. The van der Waals surface area contributed by atoms with Crippen LogP contribution in [-0.2, 0) is 0 Å². The fraction of sp³-hybridized carbons (Fsp3) is 0.154. The summed E-state index contributed by atoms with van der Waals surface area (Å²) in [5.41, 5.74) is 5.44. The van der Waals surface area contributed by atoms with Crippen LogP contribution in [0.1, 0.15) is 27.8 Å². The summed E-state index contributed by atoms with van der Waals surface area (Å²) < 4.78 is 16.4. The third-order valence-corrected chi connectivity index (χ3v) is 4.69. The molecule has 0 heterocycles. The highest BCUT2D eigenvalue weighted by molar-refractivity contribution is 5.79. The summed E-state index contributed by atoms with van der Waals surface area (Å²) in [5.74, 6) is 2.37. The van der Waals surface area contributed by atoms with Gasteiger partial charge >= 0.3 is 0 Å². The number of methoxy groups -OCH3 is 3. The molecule has 3 rings (SSSR count). The molecule has 0 aromatic heterocycles. The third kappa shape index (κ3) is 5.29. The topological polar surface area (TPSA) is 27.7 Å². The van der Waals surface area contributed by atoms with E-state index >= 15 is 0 Å². The summed E-state index contributed by atoms with van der Waals surface area (Å²) in [6, 6.07) is 20.3. The van der Waals surface area contributed by atoms with E-state index in [1.165, 1.54) is 5.56 Å². The average Bonchev–Trinajstić information content (AvgIpc) is 2.77. The van der Waals surface area contributed by atoms with Gasteiger partial charge in [-0.05, 0) is 36.2 Å². The van der Waals surface area contributed by atoms with E-state index < -0.39 is 0 Å². The Hall–Kier alpha value is -3.46. The van der Waals surface area contributed by atoms with Crippen LogP contribution in [0.2, 0.25) is 0 Å². The first-order valence-corrected chi connectivity index (χ1v) is 9.46. The molecule has 0 bridgehead atoms. The summed E-state index contributed by atoms with van der Waals surface area (Å²) in [4.78, 5) is 0. The van der Waals surface area contributed by atoms with Crippen LogP contribution in [0, 0.1) is 6.92 Å². The minimum atomic E-state index is 0.763. The fourth-order valence-corrected chi connectivity index (χ4v) is 2.97. The van der Waals surface area contributed by atoms with Crippen molar-refractivity contribution in [2.75, 3.05) is 21.3 Å². The van der Waals surface area contributed by atoms with Crippen molar-refractivity contribution in [1.29, 1.82) is 0 Å². The first kappa shape index (κ1) is 20.3. The van der Waals surface area contributed by atoms with Crippen molar-refractivity contribution < 1.29 is 14.2 Å². The second-order valence-corrected chi connectivity index (χ2v) is 6.69. The van der Waals surface area contributed by atoms with E-state index in [0.717, 1.165) is 39.5 Å². The summed E-state index contributed by atoms with van der Waals surface area (Å²) in [6.45, 7) is 2.08. The molecule has 0 spiro atoms. The number of rotatable bonds is 7. The first-order valence-electron chi connectivity index (χ1n) is 9.46. The second-order valence-electron chi connectivity index (χ2n) is 6.69. The Labute approximate surface area is 172 Å². The van der Waals surface area contributed by atoms with Crippen LogP contribution in [0.15, 0.2) is 60.7 Å². The van der Waals surface area contributed by atoms with Crippen LogP contribution in [0.4, 0.5) is 0 Å². The minimum Gasteiger partial charge on any atom is -0.497 e. The molecule has 0 radical (unpaired) electrons. The maximum absolute atomic E-state index is 5.57. The van der Waals surface area contributed by atoms with Crippen molar-refractivity contribution in [3.05, 3.63) is 88.5 Å². The van der Waals surface area contributed by atoms with Crippen molar-refractivity contribution in [2.45, 2.75) is 6.92 Å². The van der Waals surface area contributed by atoms with Gasteiger partial charge in [-0.1, -0.05) is 66.3 Å². The number of benzene rings is 3. The van der Waals surface area contributed by atoms with E-state index in [9.17, 15) is 0 Å². The molecule has 3 heteroatoms. The Kier molecular flexibility index (Phi) is 6.75. The number of aryl methyl sites for hydroxylation is 1. The van der Waals surface area contributed by atoms with E-state index in [0.29, 0.717) is 0 Å². The Morgan fingerprint density at radius 3 is 1.48 bits per heavy atom. The fourth-order valence-electron chi connectivity index (χ4n) is 2.97. The molecule has 29 heavy (non-hydrogen) atoms. The largest absolute Gasteiger partial charge is 0.497 e. The molecule has 3 aromatic rings. The zero-order valence-corrected chi connectivity index (χ0v) is 17.3. The zero-order valence-electron chi connectivity index (χ0n) is 17.3. The summed E-state index contributed by atoms with van der Waals surface area (Å²) in [5, 5.41) is 0. The van der Waals surface area contributed by atoms with Gasteiger partial charge in [0.1, 0.15) is 17.2 Å². The molecule has 0 unspecified atom stereocenters. The first-order chi connectivity index (χ1) is 14.1. The number of hydrogen-bond acceptors (Lipinski definition) is 3. The van der Waals surface area contributed by atoms with Crippen LogP contribution in [0.3, 0.4) is 0 Å². The third-order valence-electron chi connectivity index (χ3n) is 4.69. The highest BCUT2D eigenvalue weighted by Crippen LogP contribution is 2.32. The summed E-state index contributed by atoms with van der Waals surface area (Å²) in [7, 11) is 5.00. The zero-order chi connectivity index (χ0) is 20.6. The van der Waals surface area contributed by atoms with E-state index in [4.69, 9.17) is 14.2 Å².